The summed E-state index contributed by atoms with van der Waals surface area (Å²) in [4.78, 5) is 36.7. The molecular weight excluding hydrogens is 350 g/mol. The molecule has 1 aromatic carbocycles. The van der Waals surface area contributed by atoms with Gasteiger partial charge in [-0.2, -0.15) is 5.10 Å². The van der Waals surface area contributed by atoms with Gasteiger partial charge in [-0.3, -0.25) is 14.3 Å². The summed E-state index contributed by atoms with van der Waals surface area (Å²) in [6, 6.07) is 7.63. The molecule has 1 atom stereocenters. The van der Waals surface area contributed by atoms with Crippen molar-refractivity contribution in [1.82, 2.24) is 9.78 Å². The molecule has 8 heteroatoms. The Labute approximate surface area is 154 Å². The molecule has 2 heterocycles. The predicted octanol–water partition coefficient (Wildman–Crippen LogP) is 2.33. The summed E-state index contributed by atoms with van der Waals surface area (Å²) in [6.07, 6.45) is -1.09. The second-order valence-electron chi connectivity index (χ2n) is 6.18. The van der Waals surface area contributed by atoms with E-state index in [1.165, 1.54) is 6.92 Å². The normalized spacial score (nSPS) is 12.0. The van der Waals surface area contributed by atoms with Crippen molar-refractivity contribution in [2.75, 3.05) is 5.32 Å². The maximum atomic E-state index is 12.4. The molecule has 0 aliphatic heterocycles. The van der Waals surface area contributed by atoms with Gasteiger partial charge in [0.2, 0.25) is 5.76 Å². The lowest BCUT2D eigenvalue weighted by Gasteiger charge is -2.13. The van der Waals surface area contributed by atoms with Crippen LogP contribution >= 0.6 is 0 Å². The van der Waals surface area contributed by atoms with Crippen LogP contribution < -0.4 is 10.7 Å². The Morgan fingerprint density at radius 3 is 2.63 bits per heavy atom. The number of fused-ring (bicyclic) bond motifs is 1. The molecule has 8 nitrogen and oxygen atoms in total. The SMILES string of the molecule is Cc1nn(C)c(C)c1NC(=O)[C@H](C)OC(=O)c1cc(=O)c2ccccc2o1. The van der Waals surface area contributed by atoms with Gasteiger partial charge in [-0.05, 0) is 32.9 Å². The molecule has 0 aliphatic rings. The highest BCUT2D eigenvalue weighted by Gasteiger charge is 2.23. The standard InChI is InChI=1S/C19H19N3O5/c1-10-17(11(2)22(4)21-10)20-18(24)12(3)26-19(25)16-9-14(23)13-7-5-6-8-15(13)27-16/h5-9,12H,1-4H3,(H,20,24)/t12-/m0/s1. The molecule has 0 saturated carbocycles. The minimum absolute atomic E-state index is 0.257. The molecule has 3 aromatic rings. The maximum Gasteiger partial charge on any atom is 0.375 e. The highest BCUT2D eigenvalue weighted by molar-refractivity contribution is 5.97. The number of carbonyl (C=O) groups excluding carboxylic acids is 2. The van der Waals surface area contributed by atoms with Gasteiger partial charge in [0.25, 0.3) is 5.91 Å². The van der Waals surface area contributed by atoms with Crippen LogP contribution in [0.15, 0.2) is 39.5 Å². The van der Waals surface area contributed by atoms with E-state index in [2.05, 4.69) is 10.4 Å². The average molecular weight is 369 g/mol. The van der Waals surface area contributed by atoms with E-state index in [9.17, 15) is 14.4 Å². The van der Waals surface area contributed by atoms with Crippen LogP contribution in [0.5, 0.6) is 0 Å². The van der Waals surface area contributed by atoms with Gasteiger partial charge in [0, 0.05) is 13.1 Å². The van der Waals surface area contributed by atoms with Crippen molar-refractivity contribution in [2.24, 2.45) is 7.05 Å². The van der Waals surface area contributed by atoms with Crippen LogP contribution in [-0.2, 0) is 16.6 Å². The van der Waals surface area contributed by atoms with Crippen LogP contribution in [0.4, 0.5) is 5.69 Å². The summed E-state index contributed by atoms with van der Waals surface area (Å²) in [5.74, 6) is -1.65. The zero-order valence-corrected chi connectivity index (χ0v) is 15.4. The van der Waals surface area contributed by atoms with Crippen molar-refractivity contribution >= 4 is 28.5 Å². The summed E-state index contributed by atoms with van der Waals surface area (Å²) >= 11 is 0. The van der Waals surface area contributed by atoms with Crippen molar-refractivity contribution in [3.8, 4) is 0 Å². The largest absolute Gasteiger partial charge is 0.449 e. The molecule has 2 aromatic heterocycles. The molecule has 3 rings (SSSR count). The second kappa shape index (κ2) is 7.06. The molecule has 0 fully saturated rings. The van der Waals surface area contributed by atoms with Crippen molar-refractivity contribution in [3.05, 3.63) is 57.7 Å². The summed E-state index contributed by atoms with van der Waals surface area (Å²) in [6.45, 7) is 5.02. The molecule has 0 unspecified atom stereocenters. The molecule has 0 saturated heterocycles. The maximum absolute atomic E-state index is 12.4. The van der Waals surface area contributed by atoms with Crippen LogP contribution in [0.1, 0.15) is 28.9 Å². The van der Waals surface area contributed by atoms with Crippen LogP contribution in [0.2, 0.25) is 0 Å². The quantitative estimate of drug-likeness (QED) is 0.708. The van der Waals surface area contributed by atoms with Crippen molar-refractivity contribution in [3.63, 3.8) is 0 Å². The minimum Gasteiger partial charge on any atom is -0.449 e. The number of rotatable bonds is 4. The van der Waals surface area contributed by atoms with Crippen LogP contribution in [0.25, 0.3) is 11.0 Å². The topological polar surface area (TPSA) is 103 Å². The van der Waals surface area contributed by atoms with E-state index in [-0.39, 0.29) is 16.8 Å². The van der Waals surface area contributed by atoms with E-state index >= 15 is 0 Å². The molecule has 0 spiro atoms. The number of esters is 1. The van der Waals surface area contributed by atoms with Gasteiger partial charge < -0.3 is 14.5 Å². The number of ether oxygens (including phenoxy) is 1. The third kappa shape index (κ3) is 3.59. The first kappa shape index (κ1) is 18.4. The lowest BCUT2D eigenvalue weighted by atomic mass is 10.2. The van der Waals surface area contributed by atoms with Crippen molar-refractivity contribution < 1.29 is 18.7 Å². The number of carbonyl (C=O) groups is 2. The fourth-order valence-electron chi connectivity index (χ4n) is 2.66. The fourth-order valence-corrected chi connectivity index (χ4v) is 2.66. The number of amides is 1. The Balaban J connectivity index is 1.75. The number of nitrogens with one attached hydrogen (secondary N) is 1. The third-order valence-electron chi connectivity index (χ3n) is 4.25. The van der Waals surface area contributed by atoms with Crippen molar-refractivity contribution in [1.29, 1.82) is 0 Å². The van der Waals surface area contributed by atoms with Gasteiger partial charge in [0.05, 0.1) is 22.5 Å². The van der Waals surface area contributed by atoms with Gasteiger partial charge >= 0.3 is 5.97 Å². The number of benzene rings is 1. The average Bonchev–Trinajstić information content (AvgIpc) is 2.87. The number of aryl methyl sites for hydroxylation is 2. The number of nitrogens with zero attached hydrogens (tertiary/aromatic N) is 2. The molecule has 1 N–H and O–H groups in total. The third-order valence-corrected chi connectivity index (χ3v) is 4.25. The molecular formula is C19H19N3O5. The van der Waals surface area contributed by atoms with E-state index in [0.717, 1.165) is 11.8 Å². The van der Waals surface area contributed by atoms with Gasteiger partial charge in [-0.15, -0.1) is 0 Å². The van der Waals surface area contributed by atoms with E-state index in [0.29, 0.717) is 16.8 Å². The van der Waals surface area contributed by atoms with Gasteiger partial charge in [0.15, 0.2) is 11.5 Å². The number of para-hydroxylation sites is 1. The second-order valence-corrected chi connectivity index (χ2v) is 6.18. The smallest absolute Gasteiger partial charge is 0.375 e. The molecule has 140 valence electrons. The minimum atomic E-state index is -1.09. The highest BCUT2D eigenvalue weighted by Crippen LogP contribution is 2.19. The first-order valence-corrected chi connectivity index (χ1v) is 8.33. The van der Waals surface area contributed by atoms with E-state index in [1.807, 2.05) is 6.92 Å². The van der Waals surface area contributed by atoms with Gasteiger partial charge in [-0.1, -0.05) is 12.1 Å². The molecule has 27 heavy (non-hydrogen) atoms. The molecule has 0 bridgehead atoms. The molecule has 0 radical (unpaired) electrons. The number of aromatic nitrogens is 2. The first-order chi connectivity index (χ1) is 12.8. The van der Waals surface area contributed by atoms with Gasteiger partial charge in [-0.25, -0.2) is 4.79 Å². The van der Waals surface area contributed by atoms with Crippen LogP contribution in [-0.4, -0.2) is 27.8 Å². The van der Waals surface area contributed by atoms with Crippen LogP contribution in [0, 0.1) is 13.8 Å². The number of hydrogen-bond donors (Lipinski definition) is 1. The zero-order valence-electron chi connectivity index (χ0n) is 15.4. The van der Waals surface area contributed by atoms with Gasteiger partial charge in [0.1, 0.15) is 5.58 Å². The zero-order chi connectivity index (χ0) is 19.7. The van der Waals surface area contributed by atoms with E-state index < -0.39 is 18.0 Å². The lowest BCUT2D eigenvalue weighted by Crippen LogP contribution is -2.30. The summed E-state index contributed by atoms with van der Waals surface area (Å²) in [5.41, 5.74) is 1.92. The van der Waals surface area contributed by atoms with Crippen molar-refractivity contribution in [2.45, 2.75) is 26.9 Å². The molecule has 0 aliphatic carbocycles. The summed E-state index contributed by atoms with van der Waals surface area (Å²) < 4.78 is 12.2. The Hall–Kier alpha value is -3.42. The highest BCUT2D eigenvalue weighted by atomic mass is 16.6. The fraction of sp³-hybridized carbons (Fsp3) is 0.263. The number of hydrogen-bond acceptors (Lipinski definition) is 6. The Kier molecular flexibility index (Phi) is 4.81. The van der Waals surface area contributed by atoms with Crippen LogP contribution in [0.3, 0.4) is 0 Å². The summed E-state index contributed by atoms with van der Waals surface area (Å²) in [7, 11) is 1.77. The van der Waals surface area contributed by atoms with E-state index in [1.54, 1.807) is 42.9 Å². The Morgan fingerprint density at radius 2 is 1.96 bits per heavy atom. The Bertz CT molecular complexity index is 1100. The lowest BCUT2D eigenvalue weighted by molar-refractivity contribution is -0.123. The summed E-state index contributed by atoms with van der Waals surface area (Å²) in [5, 5.41) is 7.28. The predicted molar refractivity (Wildman–Crippen MR) is 98.7 cm³/mol. The van der Waals surface area contributed by atoms with E-state index in [4.69, 9.17) is 9.15 Å². The Morgan fingerprint density at radius 1 is 1.26 bits per heavy atom. The first-order valence-electron chi connectivity index (χ1n) is 8.33. The number of anilines is 1. The monoisotopic (exact) mass is 369 g/mol. The molecule has 1 amide bonds.